The molecule has 1 rings (SSSR count). The molecule has 0 aliphatic carbocycles. The number of hydrogen-bond acceptors (Lipinski definition) is 14. The smallest absolute Gasteiger partial charge is 0.872 e. The van der Waals surface area contributed by atoms with Gasteiger partial charge in [-0.1, -0.05) is 17.9 Å². The van der Waals surface area contributed by atoms with Gasteiger partial charge in [0.2, 0.25) is 0 Å². The Kier molecular flexibility index (Phi) is 35.4. The Labute approximate surface area is 248 Å². The van der Waals surface area contributed by atoms with Crippen LogP contribution in [0.2, 0.25) is 0 Å². The predicted molar refractivity (Wildman–Crippen MR) is 109 cm³/mol. The molecule has 19 heteroatoms. The molecule has 0 amide bonds. The minimum absolute atomic E-state index is 0. The number of aryl methyl sites for hydroxylation is 1. The number of rotatable bonds is 10. The summed E-state index contributed by atoms with van der Waals surface area (Å²) in [6.45, 7) is 5.46. The van der Waals surface area contributed by atoms with Crippen LogP contribution in [0.25, 0.3) is 0 Å². The first-order chi connectivity index (χ1) is 15.4. The summed E-state index contributed by atoms with van der Waals surface area (Å²) in [5, 5.41) is 12.5. The molecule has 4 N–H and O–H groups in total. The predicted octanol–water partition coefficient (Wildman–Crippen LogP) is -8.81. The Morgan fingerprint density at radius 3 is 1.21 bits per heavy atom. The molecule has 15 nitrogen and oxygen atoms in total. The van der Waals surface area contributed by atoms with Crippen molar-refractivity contribution in [2.75, 3.05) is 54.4 Å². The van der Waals surface area contributed by atoms with Gasteiger partial charge in [0.15, 0.2) is 0 Å². The number of halogens is 2. The van der Waals surface area contributed by atoms with E-state index in [1.54, 1.807) is 12.4 Å². The average Bonchev–Trinajstić information content (AvgIpc) is 2.61. The van der Waals surface area contributed by atoms with E-state index in [-0.39, 0.29) is 50.8 Å². The zero-order valence-electron chi connectivity index (χ0n) is 21.4. The van der Waals surface area contributed by atoms with Crippen molar-refractivity contribution in [3.63, 3.8) is 0 Å². The molecule has 0 heterocycles. The maximum Gasteiger partial charge on any atom is 2.00 e. The topological polar surface area (TPSA) is 302 Å². The van der Waals surface area contributed by atoms with Crippen molar-refractivity contribution in [2.45, 2.75) is 19.8 Å². The molecule has 38 heavy (non-hydrogen) atoms. The van der Waals surface area contributed by atoms with E-state index in [9.17, 15) is 5.11 Å². The van der Waals surface area contributed by atoms with Crippen LogP contribution < -0.4 is 42.4 Å². The van der Waals surface area contributed by atoms with Gasteiger partial charge in [-0.2, -0.15) is 0 Å². The molecule has 232 valence electrons. The first-order valence-corrected chi connectivity index (χ1v) is 12.2. The van der Waals surface area contributed by atoms with Crippen molar-refractivity contribution < 1.29 is 108 Å². The summed E-state index contributed by atoms with van der Waals surface area (Å²) in [4.78, 5) is 13.0. The van der Waals surface area contributed by atoms with Crippen molar-refractivity contribution >= 4 is 12.4 Å². The second kappa shape index (κ2) is 26.7. The zero-order chi connectivity index (χ0) is 26.9. The van der Waals surface area contributed by atoms with Crippen LogP contribution in [0.4, 0.5) is 0 Å². The third-order valence-corrected chi connectivity index (χ3v) is 3.54. The summed E-state index contributed by atoms with van der Waals surface area (Å²) in [5.74, 6) is 0.00770. The maximum atomic E-state index is 12.5. The van der Waals surface area contributed by atoms with Gasteiger partial charge in [0.1, 0.15) is 0 Å². The summed E-state index contributed by atoms with van der Waals surface area (Å²) in [6.07, 6.45) is 5.39. The van der Waals surface area contributed by atoms with Crippen molar-refractivity contribution in [3.05, 3.63) is 28.8 Å². The molecule has 1 aromatic carbocycles. The Morgan fingerprint density at radius 2 is 0.974 bits per heavy atom. The van der Waals surface area contributed by atoms with E-state index in [1.807, 2.05) is 47.2 Å². The third kappa shape index (κ3) is 42.6. The van der Waals surface area contributed by atoms with E-state index in [0.717, 1.165) is 44.6 Å². The molecule has 0 saturated carbocycles. The second-order valence-electron chi connectivity index (χ2n) is 7.41. The molecule has 0 bridgehead atoms. The van der Waals surface area contributed by atoms with Gasteiger partial charge < -0.3 is 25.9 Å². The summed E-state index contributed by atoms with van der Waals surface area (Å²) in [5.41, 5.74) is 2.35. The molecule has 2 radical (unpaired) electrons. The van der Waals surface area contributed by atoms with Gasteiger partial charge in [0.25, 0.3) is 0 Å². The van der Waals surface area contributed by atoms with Gasteiger partial charge in [-0.15, -0.1) is 20.5 Å². The van der Waals surface area contributed by atoms with Crippen molar-refractivity contribution in [1.82, 2.24) is 9.80 Å². The van der Waals surface area contributed by atoms with Crippen LogP contribution in [0, 0.1) is 27.4 Å². The van der Waals surface area contributed by atoms with Gasteiger partial charge >= 0.3 is 34.1 Å². The van der Waals surface area contributed by atoms with E-state index >= 15 is 0 Å². The molecule has 0 fully saturated rings. The van der Waals surface area contributed by atoms with Gasteiger partial charge in [0.05, 0.1) is 0 Å². The average molecular weight is 694 g/mol. The Morgan fingerprint density at radius 1 is 0.711 bits per heavy atom. The zero-order valence-corrected chi connectivity index (χ0v) is 24.8. The van der Waals surface area contributed by atoms with Crippen LogP contribution in [0.5, 0.6) is 5.75 Å². The van der Waals surface area contributed by atoms with Crippen molar-refractivity contribution in [1.29, 1.82) is 0 Å². The number of benzene rings is 1. The summed E-state index contributed by atoms with van der Waals surface area (Å²) >= 11 is 0. The Hall–Kier alpha value is -0.501. The van der Waals surface area contributed by atoms with Crippen LogP contribution >= 0.6 is 0 Å². The summed E-state index contributed by atoms with van der Waals surface area (Å²) in [7, 11) is -1.71. The molecule has 0 unspecified atom stereocenters. The minimum Gasteiger partial charge on any atom is -0.872 e. The summed E-state index contributed by atoms with van der Waals surface area (Å²) in [6, 6.07) is 3.78. The SMILES string of the molecule is Cc1cc(C=NCCCN(C)C)c([O-])c(C=NCCCN(C)C)c1.[Cu+2].[Cu+2].[O-][Cl+3]([O-])([O-])[O-].[O-][Cl+3]([O-])([O-])[O-].[OH-].[OH3+]. The van der Waals surface area contributed by atoms with Crippen LogP contribution in [-0.2, 0) is 39.6 Å². The molecule has 0 aliphatic rings. The fourth-order valence-corrected chi connectivity index (χ4v) is 2.30. The molecular weight excluding hydrogens is 658 g/mol. The van der Waals surface area contributed by atoms with Gasteiger partial charge in [-0.3, -0.25) is 9.98 Å². The van der Waals surface area contributed by atoms with E-state index in [2.05, 4.69) is 19.8 Å². The van der Waals surface area contributed by atoms with Crippen LogP contribution in [0.1, 0.15) is 29.5 Å². The van der Waals surface area contributed by atoms with E-state index in [0.29, 0.717) is 11.1 Å². The van der Waals surface area contributed by atoms with Crippen molar-refractivity contribution in [2.24, 2.45) is 9.98 Å². The first kappa shape index (κ1) is 50.3. The summed E-state index contributed by atoms with van der Waals surface area (Å²) < 4.78 is 67.9. The molecule has 0 atom stereocenters. The van der Waals surface area contributed by atoms with Crippen molar-refractivity contribution in [3.8, 4) is 5.75 Å². The monoisotopic (exact) mass is 691 g/mol. The molecule has 0 spiro atoms. The van der Waals surface area contributed by atoms with E-state index in [4.69, 9.17) is 37.3 Å². The fourth-order valence-electron chi connectivity index (χ4n) is 2.30. The minimum atomic E-state index is -4.94. The Bertz CT molecular complexity index is 683. The number of nitrogens with zero attached hydrogens (tertiary/aromatic N) is 4. The number of aliphatic imine (C=N–C) groups is 2. The van der Waals surface area contributed by atoms with Gasteiger partial charge in [-0.25, -0.2) is 37.3 Å². The van der Waals surface area contributed by atoms with Gasteiger partial charge in [0, 0.05) is 25.5 Å². The quantitative estimate of drug-likeness (QED) is 0.0955. The normalized spacial score (nSPS) is 10.9. The largest absolute Gasteiger partial charge is 2.00 e. The maximum absolute atomic E-state index is 12.5. The standard InChI is InChI=1S/C19H32N4O.2ClHO4.2Cu.2H2O/c1-16-12-17(14-20-8-6-10-22(2)3)19(24)18(13-16)15-21-9-7-11-23(4)5;2*2-1(3,4)5;;;;/h12-15,24H,6-11H2,1-5H3;2*(H,2,3,4,5);;;2*1H2/q;;;2*+2;;/p-3. The molecule has 1 aromatic rings. The first-order valence-electron chi connectivity index (χ1n) is 9.74. The van der Waals surface area contributed by atoms with Crippen LogP contribution in [0.15, 0.2) is 22.1 Å². The third-order valence-electron chi connectivity index (χ3n) is 3.54. The van der Waals surface area contributed by atoms with Crippen LogP contribution in [0.3, 0.4) is 0 Å². The molecule has 0 aliphatic heterocycles. The van der Waals surface area contributed by atoms with Crippen LogP contribution in [-0.4, -0.2) is 82.1 Å². The Balaban J connectivity index is -0.000000157. The second-order valence-corrected chi connectivity index (χ2v) is 8.92. The molecular formula is C19H35Cl2Cu2N4O11+. The number of hydrogen-bond donors (Lipinski definition) is 0. The van der Waals surface area contributed by atoms with E-state index in [1.165, 1.54) is 0 Å². The van der Waals surface area contributed by atoms with E-state index < -0.39 is 20.5 Å². The molecule has 0 saturated heterocycles. The fraction of sp³-hybridized carbons (Fsp3) is 0.579. The van der Waals surface area contributed by atoms with Gasteiger partial charge in [-0.05, 0) is 77.7 Å². The molecule has 0 aromatic heterocycles.